The van der Waals surface area contributed by atoms with Crippen molar-refractivity contribution >= 4 is 22.2 Å². The Morgan fingerprint density at radius 1 is 0.750 bits per heavy atom. The van der Waals surface area contributed by atoms with Crippen molar-refractivity contribution in [2.45, 2.75) is 19.4 Å². The lowest BCUT2D eigenvalue weighted by molar-refractivity contribution is 0.709. The molecule has 1 heterocycles. The summed E-state index contributed by atoms with van der Waals surface area (Å²) < 4.78 is 0. The molecule has 4 aromatic carbocycles. The minimum atomic E-state index is 0.212. The number of hydrazone groups is 1. The summed E-state index contributed by atoms with van der Waals surface area (Å²) in [5, 5.41) is 9.76. The van der Waals surface area contributed by atoms with Crippen molar-refractivity contribution in [1.82, 2.24) is 0 Å². The molecule has 0 aliphatic carbocycles. The van der Waals surface area contributed by atoms with E-state index in [0.29, 0.717) is 0 Å². The van der Waals surface area contributed by atoms with Gasteiger partial charge in [-0.25, -0.2) is 0 Å². The molecule has 1 aliphatic rings. The lowest BCUT2D eigenvalue weighted by Gasteiger charge is -2.24. The summed E-state index contributed by atoms with van der Waals surface area (Å²) in [6, 6.07) is 34.7. The molecule has 0 unspecified atom stereocenters. The predicted molar refractivity (Wildman–Crippen MR) is 118 cm³/mol. The molecule has 2 heteroatoms. The molecule has 0 aromatic heterocycles. The van der Waals surface area contributed by atoms with Crippen LogP contribution in [-0.2, 0) is 0 Å². The highest BCUT2D eigenvalue weighted by molar-refractivity contribution is 6.05. The number of fused-ring (bicyclic) bond motifs is 1. The molecule has 0 spiro atoms. The normalized spacial score (nSPS) is 16.4. The molecule has 28 heavy (non-hydrogen) atoms. The standard InChI is InChI=1S/C26H22N2/c1-19-11-13-21(14-12-19)26-18-25(27-28(26)24-9-3-2-4-10-24)23-16-15-20-7-5-6-8-22(20)17-23/h2-17,26H,18H2,1H3/t26-/m0/s1. The minimum Gasteiger partial charge on any atom is -0.257 e. The first-order chi connectivity index (χ1) is 13.8. The zero-order chi connectivity index (χ0) is 18.9. The summed E-state index contributed by atoms with van der Waals surface area (Å²) in [7, 11) is 0. The van der Waals surface area contributed by atoms with Gasteiger partial charge in [-0.1, -0.05) is 84.4 Å². The summed E-state index contributed by atoms with van der Waals surface area (Å²) in [6.07, 6.45) is 0.899. The highest BCUT2D eigenvalue weighted by atomic mass is 15.5. The fourth-order valence-corrected chi connectivity index (χ4v) is 3.92. The first-order valence-electron chi connectivity index (χ1n) is 9.75. The van der Waals surface area contributed by atoms with E-state index in [2.05, 4.69) is 109 Å². The van der Waals surface area contributed by atoms with Crippen LogP contribution in [0.4, 0.5) is 5.69 Å². The maximum absolute atomic E-state index is 5.07. The van der Waals surface area contributed by atoms with Crippen LogP contribution < -0.4 is 5.01 Å². The van der Waals surface area contributed by atoms with Crippen LogP contribution in [0.3, 0.4) is 0 Å². The van der Waals surface area contributed by atoms with Crippen LogP contribution in [0, 0.1) is 6.92 Å². The first kappa shape index (κ1) is 16.8. The van der Waals surface area contributed by atoms with E-state index in [1.165, 1.54) is 27.5 Å². The van der Waals surface area contributed by atoms with E-state index in [9.17, 15) is 0 Å². The van der Waals surface area contributed by atoms with Crippen molar-refractivity contribution < 1.29 is 0 Å². The molecule has 0 amide bonds. The Balaban J connectivity index is 1.57. The zero-order valence-corrected chi connectivity index (χ0v) is 15.9. The molecule has 4 aromatic rings. The second-order valence-electron chi connectivity index (χ2n) is 7.42. The number of aryl methyl sites for hydroxylation is 1. The largest absolute Gasteiger partial charge is 0.257 e. The van der Waals surface area contributed by atoms with Gasteiger partial charge in [0.05, 0.1) is 17.4 Å². The minimum absolute atomic E-state index is 0.212. The Morgan fingerprint density at radius 2 is 1.46 bits per heavy atom. The second kappa shape index (κ2) is 6.97. The molecule has 136 valence electrons. The first-order valence-corrected chi connectivity index (χ1v) is 9.75. The molecule has 0 saturated heterocycles. The highest BCUT2D eigenvalue weighted by Crippen LogP contribution is 2.37. The van der Waals surface area contributed by atoms with E-state index < -0.39 is 0 Å². The van der Waals surface area contributed by atoms with E-state index in [0.717, 1.165) is 17.8 Å². The number of rotatable bonds is 3. The topological polar surface area (TPSA) is 15.6 Å². The molecule has 2 nitrogen and oxygen atoms in total. The molecular formula is C26H22N2. The molecular weight excluding hydrogens is 340 g/mol. The Labute approximate surface area is 165 Å². The Kier molecular flexibility index (Phi) is 4.17. The van der Waals surface area contributed by atoms with Gasteiger partial charge < -0.3 is 0 Å². The fraction of sp³-hybridized carbons (Fsp3) is 0.115. The Bertz CT molecular complexity index is 1140. The Hall–Kier alpha value is -3.39. The number of benzene rings is 4. The van der Waals surface area contributed by atoms with E-state index in [4.69, 9.17) is 5.10 Å². The lowest BCUT2D eigenvalue weighted by Crippen LogP contribution is -2.18. The number of nitrogens with zero attached hydrogens (tertiary/aromatic N) is 2. The molecule has 0 saturated carbocycles. The molecule has 0 radical (unpaired) electrons. The highest BCUT2D eigenvalue weighted by Gasteiger charge is 2.29. The summed E-state index contributed by atoms with van der Waals surface area (Å²) in [6.45, 7) is 2.13. The van der Waals surface area contributed by atoms with Crippen molar-refractivity contribution in [1.29, 1.82) is 0 Å². The van der Waals surface area contributed by atoms with Gasteiger partial charge in [-0.2, -0.15) is 5.10 Å². The van der Waals surface area contributed by atoms with Gasteiger partial charge in [0.15, 0.2) is 0 Å². The van der Waals surface area contributed by atoms with Crippen LogP contribution in [0.25, 0.3) is 10.8 Å². The van der Waals surface area contributed by atoms with Crippen LogP contribution >= 0.6 is 0 Å². The van der Waals surface area contributed by atoms with Crippen molar-refractivity contribution in [3.8, 4) is 0 Å². The third-order valence-electron chi connectivity index (χ3n) is 5.48. The van der Waals surface area contributed by atoms with Gasteiger partial charge in [0.1, 0.15) is 0 Å². The number of anilines is 1. The summed E-state index contributed by atoms with van der Waals surface area (Å²) in [5.74, 6) is 0. The van der Waals surface area contributed by atoms with Gasteiger partial charge in [0, 0.05) is 6.42 Å². The van der Waals surface area contributed by atoms with Crippen molar-refractivity contribution in [2.75, 3.05) is 5.01 Å². The van der Waals surface area contributed by atoms with Crippen LogP contribution in [0.2, 0.25) is 0 Å². The summed E-state index contributed by atoms with van der Waals surface area (Å²) >= 11 is 0. The van der Waals surface area contributed by atoms with Gasteiger partial charge in [-0.15, -0.1) is 0 Å². The fourth-order valence-electron chi connectivity index (χ4n) is 3.92. The molecule has 0 bridgehead atoms. The summed E-state index contributed by atoms with van der Waals surface area (Å²) in [4.78, 5) is 0. The van der Waals surface area contributed by atoms with Gasteiger partial charge >= 0.3 is 0 Å². The molecule has 1 atom stereocenters. The lowest BCUT2D eigenvalue weighted by atomic mass is 9.96. The van der Waals surface area contributed by atoms with Crippen LogP contribution in [0.5, 0.6) is 0 Å². The average molecular weight is 362 g/mol. The van der Waals surface area contributed by atoms with Crippen LogP contribution in [-0.4, -0.2) is 5.71 Å². The molecule has 1 aliphatic heterocycles. The quantitative estimate of drug-likeness (QED) is 0.406. The maximum Gasteiger partial charge on any atom is 0.0831 e. The zero-order valence-electron chi connectivity index (χ0n) is 15.9. The van der Waals surface area contributed by atoms with Gasteiger partial charge in [-0.3, -0.25) is 5.01 Å². The monoisotopic (exact) mass is 362 g/mol. The van der Waals surface area contributed by atoms with Crippen molar-refractivity contribution in [3.63, 3.8) is 0 Å². The van der Waals surface area contributed by atoms with Gasteiger partial charge in [-0.05, 0) is 47.0 Å². The van der Waals surface area contributed by atoms with Crippen molar-refractivity contribution in [3.05, 3.63) is 114 Å². The Morgan fingerprint density at radius 3 is 2.25 bits per heavy atom. The van der Waals surface area contributed by atoms with E-state index >= 15 is 0 Å². The third-order valence-corrected chi connectivity index (χ3v) is 5.48. The van der Waals surface area contributed by atoms with E-state index in [-0.39, 0.29) is 6.04 Å². The molecule has 0 N–H and O–H groups in total. The smallest absolute Gasteiger partial charge is 0.0831 e. The maximum atomic E-state index is 5.07. The molecule has 0 fully saturated rings. The molecule has 5 rings (SSSR count). The summed E-state index contributed by atoms with van der Waals surface area (Å²) in [5.41, 5.74) is 6.05. The van der Waals surface area contributed by atoms with Crippen LogP contribution in [0.1, 0.15) is 29.2 Å². The number of hydrogen-bond donors (Lipinski definition) is 0. The average Bonchev–Trinajstić information content (AvgIpc) is 3.20. The van der Waals surface area contributed by atoms with Gasteiger partial charge in [0.2, 0.25) is 0 Å². The SMILES string of the molecule is Cc1ccc([C@@H]2CC(c3ccc4ccccc4c3)=NN2c2ccccc2)cc1. The third kappa shape index (κ3) is 3.07. The second-order valence-corrected chi connectivity index (χ2v) is 7.42. The van der Waals surface area contributed by atoms with Crippen molar-refractivity contribution in [2.24, 2.45) is 5.10 Å². The van der Waals surface area contributed by atoms with Crippen LogP contribution in [0.15, 0.2) is 102 Å². The number of para-hydroxylation sites is 1. The van der Waals surface area contributed by atoms with Gasteiger partial charge in [0.25, 0.3) is 0 Å². The van der Waals surface area contributed by atoms with E-state index in [1.807, 2.05) is 0 Å². The van der Waals surface area contributed by atoms with E-state index in [1.54, 1.807) is 0 Å². The predicted octanol–water partition coefficient (Wildman–Crippen LogP) is 6.50. The number of hydrogen-bond acceptors (Lipinski definition) is 2.